The van der Waals surface area contributed by atoms with Gasteiger partial charge in [0, 0.05) is 0 Å². The van der Waals surface area contributed by atoms with Crippen molar-refractivity contribution in [3.8, 4) is 0 Å². The van der Waals surface area contributed by atoms with E-state index in [1.165, 1.54) is 17.5 Å². The number of primary amides is 1. The first kappa shape index (κ1) is 7.11. The van der Waals surface area contributed by atoms with Crippen molar-refractivity contribution >= 4 is 27.5 Å². The van der Waals surface area contributed by atoms with Crippen molar-refractivity contribution in [1.29, 1.82) is 0 Å². The standard InChI is InChI=1S/C6H4N4OS/c7-5(11)6-10-3-1-8-9-2-4(3)12-6/h1-2H,(H2,7,11). The molecule has 0 atom stereocenters. The monoisotopic (exact) mass is 180 g/mol. The lowest BCUT2D eigenvalue weighted by atomic mass is 10.5. The van der Waals surface area contributed by atoms with Crippen molar-refractivity contribution in [3.05, 3.63) is 17.4 Å². The maximum absolute atomic E-state index is 10.7. The van der Waals surface area contributed by atoms with Crippen molar-refractivity contribution in [2.45, 2.75) is 0 Å². The van der Waals surface area contributed by atoms with Crippen LogP contribution in [0.1, 0.15) is 9.80 Å². The Labute approximate surface area is 71.2 Å². The zero-order valence-corrected chi connectivity index (χ0v) is 6.71. The number of hydrogen-bond acceptors (Lipinski definition) is 5. The van der Waals surface area contributed by atoms with Crippen LogP contribution in [0, 0.1) is 0 Å². The zero-order valence-electron chi connectivity index (χ0n) is 5.89. The van der Waals surface area contributed by atoms with Gasteiger partial charge in [-0.15, -0.1) is 11.3 Å². The van der Waals surface area contributed by atoms with Gasteiger partial charge in [-0.3, -0.25) is 4.79 Å². The van der Waals surface area contributed by atoms with Gasteiger partial charge >= 0.3 is 0 Å². The fourth-order valence-electron chi connectivity index (χ4n) is 0.808. The molecule has 0 saturated carbocycles. The average molecular weight is 180 g/mol. The summed E-state index contributed by atoms with van der Waals surface area (Å²) >= 11 is 1.22. The minimum Gasteiger partial charge on any atom is -0.364 e. The van der Waals surface area contributed by atoms with Gasteiger partial charge in [0.05, 0.1) is 17.1 Å². The van der Waals surface area contributed by atoms with Gasteiger partial charge in [0.2, 0.25) is 0 Å². The summed E-state index contributed by atoms with van der Waals surface area (Å²) in [6, 6.07) is 0. The van der Waals surface area contributed by atoms with Crippen molar-refractivity contribution < 1.29 is 4.79 Å². The smallest absolute Gasteiger partial charge is 0.277 e. The topological polar surface area (TPSA) is 81.8 Å². The van der Waals surface area contributed by atoms with E-state index in [9.17, 15) is 4.79 Å². The van der Waals surface area contributed by atoms with Gasteiger partial charge in [-0.2, -0.15) is 10.2 Å². The predicted octanol–water partition coefficient (Wildman–Crippen LogP) is 0.185. The Bertz CT molecular complexity index is 405. The Morgan fingerprint density at radius 2 is 2.17 bits per heavy atom. The number of hydrogen-bond donors (Lipinski definition) is 1. The molecule has 2 aromatic rings. The fourth-order valence-corrected chi connectivity index (χ4v) is 1.56. The largest absolute Gasteiger partial charge is 0.364 e. The molecule has 6 heteroatoms. The molecule has 0 bridgehead atoms. The Morgan fingerprint density at radius 1 is 1.42 bits per heavy atom. The highest BCUT2D eigenvalue weighted by atomic mass is 32.1. The van der Waals surface area contributed by atoms with Gasteiger partial charge in [0.25, 0.3) is 5.91 Å². The van der Waals surface area contributed by atoms with Crippen LogP contribution >= 0.6 is 11.3 Å². The molecular formula is C6H4N4OS. The summed E-state index contributed by atoms with van der Waals surface area (Å²) in [4.78, 5) is 14.7. The molecule has 2 N–H and O–H groups in total. The van der Waals surface area contributed by atoms with Crippen molar-refractivity contribution in [2.75, 3.05) is 0 Å². The Hall–Kier alpha value is -1.56. The molecule has 0 unspecified atom stereocenters. The maximum atomic E-state index is 10.7. The normalized spacial score (nSPS) is 10.3. The third-order valence-corrected chi connectivity index (χ3v) is 2.33. The average Bonchev–Trinajstić information content (AvgIpc) is 2.46. The van der Waals surface area contributed by atoms with Crippen LogP contribution in [0.2, 0.25) is 0 Å². The Morgan fingerprint density at radius 3 is 2.83 bits per heavy atom. The molecule has 2 aromatic heterocycles. The molecule has 0 spiro atoms. The Balaban J connectivity index is 2.70. The molecule has 2 heterocycles. The summed E-state index contributed by atoms with van der Waals surface area (Å²) < 4.78 is 0.818. The number of aromatic nitrogens is 3. The number of amides is 1. The van der Waals surface area contributed by atoms with Crippen LogP contribution in [0.25, 0.3) is 10.2 Å². The summed E-state index contributed by atoms with van der Waals surface area (Å²) in [7, 11) is 0. The molecule has 0 aliphatic carbocycles. The van der Waals surface area contributed by atoms with Gasteiger partial charge in [0.1, 0.15) is 5.52 Å². The van der Waals surface area contributed by atoms with E-state index in [1.807, 2.05) is 0 Å². The predicted molar refractivity (Wildman–Crippen MR) is 43.7 cm³/mol. The van der Waals surface area contributed by atoms with Gasteiger partial charge in [-0.05, 0) is 0 Å². The second kappa shape index (κ2) is 2.49. The van der Waals surface area contributed by atoms with E-state index >= 15 is 0 Å². The molecule has 2 rings (SSSR count). The van der Waals surface area contributed by atoms with E-state index in [1.54, 1.807) is 6.20 Å². The fraction of sp³-hybridized carbons (Fsp3) is 0. The third-order valence-electron chi connectivity index (χ3n) is 1.31. The van der Waals surface area contributed by atoms with E-state index < -0.39 is 5.91 Å². The lowest BCUT2D eigenvalue weighted by Crippen LogP contribution is -2.09. The molecule has 0 radical (unpaired) electrons. The highest BCUT2D eigenvalue weighted by molar-refractivity contribution is 7.20. The number of carbonyl (C=O) groups is 1. The number of rotatable bonds is 1. The van der Waals surface area contributed by atoms with Crippen LogP contribution in [0.5, 0.6) is 0 Å². The zero-order chi connectivity index (χ0) is 8.55. The molecule has 5 nitrogen and oxygen atoms in total. The molecular weight excluding hydrogens is 176 g/mol. The molecule has 12 heavy (non-hydrogen) atoms. The molecule has 0 fully saturated rings. The number of nitrogens with zero attached hydrogens (tertiary/aromatic N) is 3. The first-order valence-electron chi connectivity index (χ1n) is 3.14. The third kappa shape index (κ3) is 1.02. The second-order valence-corrected chi connectivity index (χ2v) is 3.15. The number of fused-ring (bicyclic) bond motifs is 1. The Kier molecular flexibility index (Phi) is 1.47. The van der Waals surface area contributed by atoms with Gasteiger partial charge in [0.15, 0.2) is 5.01 Å². The van der Waals surface area contributed by atoms with Crippen LogP contribution in [-0.2, 0) is 0 Å². The summed E-state index contributed by atoms with van der Waals surface area (Å²) in [5.41, 5.74) is 5.70. The number of thiazole rings is 1. The lowest BCUT2D eigenvalue weighted by Gasteiger charge is -1.79. The van der Waals surface area contributed by atoms with Crippen LogP contribution in [0.4, 0.5) is 0 Å². The molecule has 0 aliphatic heterocycles. The van der Waals surface area contributed by atoms with Crippen molar-refractivity contribution in [3.63, 3.8) is 0 Å². The first-order chi connectivity index (χ1) is 5.77. The summed E-state index contributed by atoms with van der Waals surface area (Å²) in [6.45, 7) is 0. The number of carbonyl (C=O) groups excluding carboxylic acids is 1. The highest BCUT2D eigenvalue weighted by Crippen LogP contribution is 2.18. The van der Waals surface area contributed by atoms with E-state index in [2.05, 4.69) is 15.2 Å². The first-order valence-corrected chi connectivity index (χ1v) is 3.96. The van der Waals surface area contributed by atoms with Crippen LogP contribution in [0.15, 0.2) is 12.4 Å². The lowest BCUT2D eigenvalue weighted by molar-refractivity contribution is 0.1000. The minimum absolute atomic E-state index is 0.291. The molecule has 60 valence electrons. The summed E-state index contributed by atoms with van der Waals surface area (Å²) in [5.74, 6) is -0.517. The van der Waals surface area contributed by atoms with Crippen molar-refractivity contribution in [1.82, 2.24) is 15.2 Å². The SMILES string of the molecule is NC(=O)c1nc2cnncc2s1. The minimum atomic E-state index is -0.517. The molecule has 1 amide bonds. The highest BCUT2D eigenvalue weighted by Gasteiger charge is 2.07. The van der Waals surface area contributed by atoms with Crippen LogP contribution < -0.4 is 5.73 Å². The van der Waals surface area contributed by atoms with E-state index in [4.69, 9.17) is 5.73 Å². The van der Waals surface area contributed by atoms with E-state index in [0.717, 1.165) is 4.70 Å². The molecule has 0 saturated heterocycles. The van der Waals surface area contributed by atoms with Gasteiger partial charge in [-0.1, -0.05) is 0 Å². The second-order valence-electron chi connectivity index (χ2n) is 2.12. The molecule has 0 aliphatic rings. The van der Waals surface area contributed by atoms with Gasteiger partial charge in [-0.25, -0.2) is 4.98 Å². The van der Waals surface area contributed by atoms with E-state index in [0.29, 0.717) is 10.5 Å². The van der Waals surface area contributed by atoms with E-state index in [-0.39, 0.29) is 0 Å². The summed E-state index contributed by atoms with van der Waals surface area (Å²) in [6.07, 6.45) is 3.05. The van der Waals surface area contributed by atoms with Crippen molar-refractivity contribution in [2.24, 2.45) is 5.73 Å². The maximum Gasteiger partial charge on any atom is 0.277 e. The van der Waals surface area contributed by atoms with Crippen LogP contribution in [-0.4, -0.2) is 21.1 Å². The number of nitrogens with two attached hydrogens (primary N) is 1. The summed E-state index contributed by atoms with van der Waals surface area (Å²) in [5, 5.41) is 7.57. The van der Waals surface area contributed by atoms with Crippen LogP contribution in [0.3, 0.4) is 0 Å². The quantitative estimate of drug-likeness (QED) is 0.678. The van der Waals surface area contributed by atoms with Gasteiger partial charge < -0.3 is 5.73 Å². The molecule has 0 aromatic carbocycles.